The van der Waals surface area contributed by atoms with Gasteiger partial charge in [0.15, 0.2) is 0 Å². The van der Waals surface area contributed by atoms with Crippen LogP contribution in [0.15, 0.2) is 53.4 Å². The van der Waals surface area contributed by atoms with Crippen LogP contribution in [0.5, 0.6) is 0 Å². The van der Waals surface area contributed by atoms with Crippen LogP contribution in [0.3, 0.4) is 0 Å². The van der Waals surface area contributed by atoms with Crippen molar-refractivity contribution in [3.8, 4) is 0 Å². The van der Waals surface area contributed by atoms with E-state index in [4.69, 9.17) is 0 Å². The van der Waals surface area contributed by atoms with Crippen molar-refractivity contribution in [3.63, 3.8) is 0 Å². The zero-order chi connectivity index (χ0) is 24.2. The molecule has 36 heavy (non-hydrogen) atoms. The largest absolute Gasteiger partial charge is 0.367 e. The molecular formula is C26H30ClN5O3S. The lowest BCUT2D eigenvalue weighted by Crippen LogP contribution is -2.49. The third-order valence-corrected chi connectivity index (χ3v) is 7.40. The third-order valence-electron chi connectivity index (χ3n) is 6.59. The topological polar surface area (TPSA) is 85.0 Å². The zero-order valence-corrected chi connectivity index (χ0v) is 21.6. The Morgan fingerprint density at radius 3 is 2.28 bits per heavy atom. The molecule has 0 aliphatic carbocycles. The number of piperazine rings is 2. The summed E-state index contributed by atoms with van der Waals surface area (Å²) < 4.78 is 0. The maximum atomic E-state index is 13.1. The van der Waals surface area contributed by atoms with Crippen molar-refractivity contribution >= 4 is 53.0 Å². The highest BCUT2D eigenvalue weighted by Crippen LogP contribution is 2.30. The number of anilines is 1. The van der Waals surface area contributed by atoms with Crippen LogP contribution >= 0.6 is 24.2 Å². The SMILES string of the molecule is Cl.O=C1NC(=O)/C(=C/c2ccccc2N2CCN(C(=O)c3ccc(CN4CCNCC4)cc3)CC2)S1. The quantitative estimate of drug-likeness (QED) is 0.578. The highest BCUT2D eigenvalue weighted by molar-refractivity contribution is 8.18. The number of para-hydroxylation sites is 1. The molecule has 3 saturated heterocycles. The molecule has 0 atom stereocenters. The summed E-state index contributed by atoms with van der Waals surface area (Å²) in [4.78, 5) is 43.5. The van der Waals surface area contributed by atoms with Gasteiger partial charge >= 0.3 is 0 Å². The van der Waals surface area contributed by atoms with Gasteiger partial charge in [0.2, 0.25) is 0 Å². The number of carbonyl (C=O) groups excluding carboxylic acids is 3. The van der Waals surface area contributed by atoms with E-state index in [1.165, 1.54) is 5.56 Å². The third kappa shape index (κ3) is 6.10. The molecule has 2 aromatic carbocycles. The maximum Gasteiger partial charge on any atom is 0.290 e. The first kappa shape index (κ1) is 26.2. The second-order valence-corrected chi connectivity index (χ2v) is 9.93. The first-order valence-electron chi connectivity index (χ1n) is 12.0. The molecule has 0 bridgehead atoms. The van der Waals surface area contributed by atoms with Crippen molar-refractivity contribution in [1.29, 1.82) is 0 Å². The number of nitrogens with one attached hydrogen (secondary N) is 2. The van der Waals surface area contributed by atoms with Gasteiger partial charge in [0, 0.05) is 70.2 Å². The summed E-state index contributed by atoms with van der Waals surface area (Å²) >= 11 is 0.921. The van der Waals surface area contributed by atoms with Gasteiger partial charge in [-0.2, -0.15) is 0 Å². The van der Waals surface area contributed by atoms with E-state index in [1.54, 1.807) is 6.08 Å². The molecule has 190 valence electrons. The molecule has 3 heterocycles. The van der Waals surface area contributed by atoms with E-state index < -0.39 is 0 Å². The van der Waals surface area contributed by atoms with Crippen molar-refractivity contribution < 1.29 is 14.4 Å². The number of carbonyl (C=O) groups is 3. The first-order valence-corrected chi connectivity index (χ1v) is 12.8. The van der Waals surface area contributed by atoms with Crippen LogP contribution in [0.2, 0.25) is 0 Å². The van der Waals surface area contributed by atoms with Crippen molar-refractivity contribution in [2.24, 2.45) is 0 Å². The minimum absolute atomic E-state index is 0. The number of rotatable bonds is 5. The van der Waals surface area contributed by atoms with Crippen LogP contribution in [0.4, 0.5) is 10.5 Å². The van der Waals surface area contributed by atoms with Gasteiger partial charge in [-0.25, -0.2) is 0 Å². The molecule has 8 nitrogen and oxygen atoms in total. The van der Waals surface area contributed by atoms with Gasteiger partial charge in [-0.1, -0.05) is 30.3 Å². The Morgan fingerprint density at radius 1 is 0.917 bits per heavy atom. The Hall–Kier alpha value is -2.85. The molecule has 0 unspecified atom stereocenters. The molecule has 2 aromatic rings. The van der Waals surface area contributed by atoms with Crippen LogP contribution in [-0.4, -0.2) is 79.2 Å². The van der Waals surface area contributed by atoms with E-state index in [0.717, 1.165) is 61.3 Å². The Kier molecular flexibility index (Phi) is 8.68. The van der Waals surface area contributed by atoms with Gasteiger partial charge in [0.25, 0.3) is 17.1 Å². The van der Waals surface area contributed by atoms with Gasteiger partial charge < -0.3 is 15.1 Å². The van der Waals surface area contributed by atoms with E-state index in [0.29, 0.717) is 31.1 Å². The summed E-state index contributed by atoms with van der Waals surface area (Å²) in [6, 6.07) is 15.9. The van der Waals surface area contributed by atoms with Crippen LogP contribution < -0.4 is 15.5 Å². The lowest BCUT2D eigenvalue weighted by Gasteiger charge is -2.37. The second kappa shape index (κ2) is 11.9. The number of hydrogen-bond acceptors (Lipinski definition) is 7. The monoisotopic (exact) mass is 527 g/mol. The standard InChI is InChI=1S/C26H29N5O3S.ClH/c32-24-23(35-26(34)28-24)17-21-3-1-2-4-22(21)30-13-15-31(16-14-30)25(33)20-7-5-19(6-8-20)18-29-11-9-27-10-12-29;/h1-8,17,27H,9-16,18H2,(H,28,32,34);1H/b23-17-;. The number of amides is 3. The summed E-state index contributed by atoms with van der Waals surface area (Å²) in [6.45, 7) is 7.72. The van der Waals surface area contributed by atoms with E-state index in [2.05, 4.69) is 32.6 Å². The predicted octanol–water partition coefficient (Wildman–Crippen LogP) is 2.80. The Balaban J connectivity index is 0.00000304. The number of thioether (sulfide) groups is 1. The highest BCUT2D eigenvalue weighted by atomic mass is 35.5. The highest BCUT2D eigenvalue weighted by Gasteiger charge is 2.27. The van der Waals surface area contributed by atoms with Crippen molar-refractivity contribution in [2.75, 3.05) is 57.3 Å². The van der Waals surface area contributed by atoms with Crippen LogP contribution in [0.1, 0.15) is 21.5 Å². The van der Waals surface area contributed by atoms with Crippen molar-refractivity contribution in [3.05, 3.63) is 70.1 Å². The lowest BCUT2D eigenvalue weighted by molar-refractivity contribution is -0.115. The number of nitrogens with zero attached hydrogens (tertiary/aromatic N) is 3. The fraction of sp³-hybridized carbons (Fsp3) is 0.346. The van der Waals surface area contributed by atoms with Gasteiger partial charge in [-0.15, -0.1) is 12.4 Å². The summed E-state index contributed by atoms with van der Waals surface area (Å²) in [5.41, 5.74) is 3.84. The average Bonchev–Trinajstić information content (AvgIpc) is 3.21. The molecule has 3 aliphatic rings. The molecule has 3 amide bonds. The summed E-state index contributed by atoms with van der Waals surface area (Å²) in [7, 11) is 0. The summed E-state index contributed by atoms with van der Waals surface area (Å²) in [5.74, 6) is -0.296. The second-order valence-electron chi connectivity index (χ2n) is 8.91. The molecule has 5 rings (SSSR count). The molecule has 0 spiro atoms. The number of imide groups is 1. The number of hydrogen-bond donors (Lipinski definition) is 2. The fourth-order valence-corrected chi connectivity index (χ4v) is 5.35. The maximum absolute atomic E-state index is 13.1. The molecule has 3 aliphatic heterocycles. The van der Waals surface area contributed by atoms with Gasteiger partial charge in [-0.05, 0) is 47.2 Å². The van der Waals surface area contributed by atoms with Crippen LogP contribution in [-0.2, 0) is 11.3 Å². The Morgan fingerprint density at radius 2 is 1.61 bits per heavy atom. The Labute approximate surface area is 221 Å². The predicted molar refractivity (Wildman–Crippen MR) is 146 cm³/mol. The van der Waals surface area contributed by atoms with Gasteiger partial charge in [0.1, 0.15) is 0 Å². The molecule has 2 N–H and O–H groups in total. The lowest BCUT2D eigenvalue weighted by atomic mass is 10.1. The molecular weight excluding hydrogens is 498 g/mol. The molecule has 10 heteroatoms. The van der Waals surface area contributed by atoms with E-state index in [9.17, 15) is 14.4 Å². The smallest absolute Gasteiger partial charge is 0.290 e. The van der Waals surface area contributed by atoms with E-state index in [1.807, 2.05) is 41.3 Å². The first-order chi connectivity index (χ1) is 17.1. The van der Waals surface area contributed by atoms with Gasteiger partial charge in [0.05, 0.1) is 4.91 Å². The minimum atomic E-state index is -0.357. The van der Waals surface area contributed by atoms with Crippen LogP contribution in [0, 0.1) is 0 Å². The normalized spacial score (nSPS) is 19.8. The zero-order valence-electron chi connectivity index (χ0n) is 19.9. The number of halogens is 1. The minimum Gasteiger partial charge on any atom is -0.367 e. The van der Waals surface area contributed by atoms with Gasteiger partial charge in [-0.3, -0.25) is 24.6 Å². The average molecular weight is 528 g/mol. The summed E-state index contributed by atoms with van der Waals surface area (Å²) in [5, 5.41) is 5.32. The summed E-state index contributed by atoms with van der Waals surface area (Å²) in [6.07, 6.45) is 1.76. The number of benzene rings is 2. The molecule has 0 saturated carbocycles. The molecule has 0 radical (unpaired) electrons. The van der Waals surface area contributed by atoms with E-state index >= 15 is 0 Å². The van der Waals surface area contributed by atoms with Crippen molar-refractivity contribution in [2.45, 2.75) is 6.54 Å². The van der Waals surface area contributed by atoms with E-state index in [-0.39, 0.29) is 29.5 Å². The Bertz CT molecular complexity index is 1140. The molecule has 0 aromatic heterocycles. The van der Waals surface area contributed by atoms with Crippen molar-refractivity contribution in [1.82, 2.24) is 20.4 Å². The van der Waals surface area contributed by atoms with Crippen LogP contribution in [0.25, 0.3) is 6.08 Å². The molecule has 3 fully saturated rings. The fourth-order valence-electron chi connectivity index (χ4n) is 4.67.